The first kappa shape index (κ1) is 18.0. The summed E-state index contributed by atoms with van der Waals surface area (Å²) >= 11 is 5.86. The van der Waals surface area contributed by atoms with Crippen LogP contribution in [0.3, 0.4) is 0 Å². The molecule has 0 saturated carbocycles. The molecule has 0 atom stereocenters. The zero-order valence-corrected chi connectivity index (χ0v) is 14.3. The fraction of sp³-hybridized carbons (Fsp3) is 0.111. The van der Waals surface area contributed by atoms with Crippen molar-refractivity contribution < 1.29 is 18.0 Å². The Bertz CT molecular complexity index is 932. The highest BCUT2D eigenvalue weighted by molar-refractivity contribution is 6.30. The van der Waals surface area contributed by atoms with Crippen molar-refractivity contribution in [2.45, 2.75) is 13.1 Å². The van der Waals surface area contributed by atoms with Crippen LogP contribution in [0.5, 0.6) is 0 Å². The van der Waals surface area contributed by atoms with Crippen molar-refractivity contribution >= 4 is 23.2 Å². The Balaban J connectivity index is 1.79. The molecule has 4 nitrogen and oxygen atoms in total. The Morgan fingerprint density at radius 1 is 1.08 bits per heavy atom. The van der Waals surface area contributed by atoms with E-state index in [-0.39, 0.29) is 5.69 Å². The molecule has 1 amide bonds. The molecule has 2 aromatic carbocycles. The number of carbonyl (C=O) groups is 1. The molecule has 3 rings (SSSR count). The van der Waals surface area contributed by atoms with Crippen LogP contribution in [0.15, 0.2) is 54.7 Å². The summed E-state index contributed by atoms with van der Waals surface area (Å²) in [5, 5.41) is 7.34. The molecule has 3 aromatic rings. The Morgan fingerprint density at radius 2 is 1.69 bits per heavy atom. The van der Waals surface area contributed by atoms with Crippen LogP contribution in [0, 0.1) is 6.92 Å². The average molecular weight is 380 g/mol. The van der Waals surface area contributed by atoms with Crippen LogP contribution < -0.4 is 5.32 Å². The Morgan fingerprint density at radius 3 is 2.27 bits per heavy atom. The average Bonchev–Trinajstić information content (AvgIpc) is 2.97. The summed E-state index contributed by atoms with van der Waals surface area (Å²) in [6.07, 6.45) is -3.01. The number of carbonyl (C=O) groups excluding carboxylic acids is 1. The van der Waals surface area contributed by atoms with Gasteiger partial charge >= 0.3 is 6.18 Å². The number of amides is 1. The fourth-order valence-electron chi connectivity index (χ4n) is 2.42. The smallest absolute Gasteiger partial charge is 0.322 e. The summed E-state index contributed by atoms with van der Waals surface area (Å²) in [5.41, 5.74) is 1.14. The molecule has 0 radical (unpaired) electrons. The minimum Gasteiger partial charge on any atom is -0.322 e. The standard InChI is InChI=1S/C18H13ClF3N3O/c1-11-16(10-23-25(11)15-8-4-13(19)5-9-15)17(26)24-14-6-2-12(3-7-14)18(20,21)22/h2-10H,1H3,(H,24,26). The van der Waals surface area contributed by atoms with Gasteiger partial charge in [-0.3, -0.25) is 4.79 Å². The highest BCUT2D eigenvalue weighted by Crippen LogP contribution is 2.30. The van der Waals surface area contributed by atoms with Crippen LogP contribution in [-0.2, 0) is 6.18 Å². The van der Waals surface area contributed by atoms with E-state index in [0.717, 1.165) is 17.8 Å². The summed E-state index contributed by atoms with van der Waals surface area (Å²) in [7, 11) is 0. The highest BCUT2D eigenvalue weighted by atomic mass is 35.5. The predicted molar refractivity (Wildman–Crippen MR) is 92.7 cm³/mol. The molecule has 26 heavy (non-hydrogen) atoms. The van der Waals surface area contributed by atoms with Crippen LogP contribution in [0.25, 0.3) is 5.69 Å². The first-order chi connectivity index (χ1) is 12.3. The largest absolute Gasteiger partial charge is 0.416 e. The normalized spacial score (nSPS) is 11.4. The van der Waals surface area contributed by atoms with Crippen molar-refractivity contribution in [3.63, 3.8) is 0 Å². The molecule has 1 heterocycles. The molecule has 0 spiro atoms. The summed E-state index contributed by atoms with van der Waals surface area (Å²) in [4.78, 5) is 12.4. The van der Waals surface area contributed by atoms with Gasteiger partial charge in [0.05, 0.1) is 28.7 Å². The SMILES string of the molecule is Cc1c(C(=O)Nc2ccc(C(F)(F)F)cc2)cnn1-c1ccc(Cl)cc1. The monoisotopic (exact) mass is 379 g/mol. The molecule has 0 saturated heterocycles. The second-order valence-electron chi connectivity index (χ2n) is 5.56. The number of hydrogen-bond donors (Lipinski definition) is 1. The number of benzene rings is 2. The second kappa shape index (κ2) is 6.84. The first-order valence-electron chi connectivity index (χ1n) is 7.55. The van der Waals surface area contributed by atoms with Crippen molar-refractivity contribution in [2.24, 2.45) is 0 Å². The van der Waals surface area contributed by atoms with Gasteiger partial charge in [-0.15, -0.1) is 0 Å². The maximum Gasteiger partial charge on any atom is 0.416 e. The molecule has 0 bridgehead atoms. The summed E-state index contributed by atoms with van der Waals surface area (Å²) < 4.78 is 39.3. The van der Waals surface area contributed by atoms with Crippen molar-refractivity contribution in [3.05, 3.63) is 76.6 Å². The highest BCUT2D eigenvalue weighted by Gasteiger charge is 2.30. The van der Waals surface area contributed by atoms with Crippen LogP contribution in [0.1, 0.15) is 21.6 Å². The number of alkyl halides is 3. The first-order valence-corrected chi connectivity index (χ1v) is 7.92. The van der Waals surface area contributed by atoms with Crippen LogP contribution in [-0.4, -0.2) is 15.7 Å². The second-order valence-corrected chi connectivity index (χ2v) is 6.00. The van der Waals surface area contributed by atoms with Crippen LogP contribution in [0.4, 0.5) is 18.9 Å². The molecule has 1 aromatic heterocycles. The van der Waals surface area contributed by atoms with Gasteiger partial charge in [-0.1, -0.05) is 11.6 Å². The zero-order valence-electron chi connectivity index (χ0n) is 13.5. The number of nitrogens with zero attached hydrogens (tertiary/aromatic N) is 2. The summed E-state index contributed by atoms with van der Waals surface area (Å²) in [6.45, 7) is 1.73. The number of rotatable bonds is 3. The number of aromatic nitrogens is 2. The van der Waals surface area contributed by atoms with E-state index in [2.05, 4.69) is 10.4 Å². The lowest BCUT2D eigenvalue weighted by molar-refractivity contribution is -0.137. The van der Waals surface area contributed by atoms with E-state index in [1.807, 2.05) is 0 Å². The van der Waals surface area contributed by atoms with Gasteiger partial charge in [0.1, 0.15) is 0 Å². The van der Waals surface area contributed by atoms with E-state index >= 15 is 0 Å². The number of hydrogen-bond acceptors (Lipinski definition) is 2. The Kier molecular flexibility index (Phi) is 4.73. The lowest BCUT2D eigenvalue weighted by Gasteiger charge is -2.09. The van der Waals surface area contributed by atoms with Crippen LogP contribution in [0.2, 0.25) is 5.02 Å². The molecule has 0 aliphatic carbocycles. The molecule has 0 unspecified atom stereocenters. The Hall–Kier alpha value is -2.80. The maximum atomic E-state index is 12.6. The van der Waals surface area contributed by atoms with Gasteiger partial charge in [-0.05, 0) is 55.5 Å². The van der Waals surface area contributed by atoms with E-state index in [4.69, 9.17) is 11.6 Å². The van der Waals surface area contributed by atoms with Crippen molar-refractivity contribution in [3.8, 4) is 5.69 Å². The van der Waals surface area contributed by atoms with Crippen molar-refractivity contribution in [1.82, 2.24) is 9.78 Å². The predicted octanol–water partition coefficient (Wildman–Crippen LogP) is 5.11. The van der Waals surface area contributed by atoms with Gasteiger partial charge in [0.25, 0.3) is 5.91 Å². The zero-order chi connectivity index (χ0) is 18.9. The number of anilines is 1. The van der Waals surface area contributed by atoms with Gasteiger partial charge in [0.15, 0.2) is 0 Å². The third-order valence-electron chi connectivity index (χ3n) is 3.80. The van der Waals surface area contributed by atoms with E-state index in [1.54, 1.807) is 35.9 Å². The quantitative estimate of drug-likeness (QED) is 0.687. The molecular formula is C18H13ClF3N3O. The van der Waals surface area contributed by atoms with Gasteiger partial charge in [-0.25, -0.2) is 4.68 Å². The number of halogens is 4. The van der Waals surface area contributed by atoms with Gasteiger partial charge < -0.3 is 5.32 Å². The van der Waals surface area contributed by atoms with E-state index < -0.39 is 17.6 Å². The molecule has 0 aliphatic rings. The maximum absolute atomic E-state index is 12.6. The summed E-state index contributed by atoms with van der Waals surface area (Å²) in [5.74, 6) is -0.456. The Labute approximate surface area is 152 Å². The van der Waals surface area contributed by atoms with E-state index in [0.29, 0.717) is 16.3 Å². The molecular weight excluding hydrogens is 367 g/mol. The fourth-order valence-corrected chi connectivity index (χ4v) is 2.54. The van der Waals surface area contributed by atoms with Gasteiger partial charge in [0.2, 0.25) is 0 Å². The van der Waals surface area contributed by atoms with E-state index in [1.165, 1.54) is 18.3 Å². The molecule has 0 aliphatic heterocycles. The topological polar surface area (TPSA) is 46.9 Å². The molecule has 134 valence electrons. The lowest BCUT2D eigenvalue weighted by Crippen LogP contribution is -2.13. The third kappa shape index (κ3) is 3.72. The lowest BCUT2D eigenvalue weighted by atomic mass is 10.2. The molecule has 1 N–H and O–H groups in total. The number of nitrogens with one attached hydrogen (secondary N) is 1. The van der Waals surface area contributed by atoms with Crippen molar-refractivity contribution in [1.29, 1.82) is 0 Å². The van der Waals surface area contributed by atoms with Crippen molar-refractivity contribution in [2.75, 3.05) is 5.32 Å². The summed E-state index contributed by atoms with van der Waals surface area (Å²) in [6, 6.07) is 11.2. The minimum atomic E-state index is -4.42. The van der Waals surface area contributed by atoms with E-state index in [9.17, 15) is 18.0 Å². The third-order valence-corrected chi connectivity index (χ3v) is 4.05. The molecule has 8 heteroatoms. The van der Waals surface area contributed by atoms with Crippen LogP contribution >= 0.6 is 11.6 Å². The van der Waals surface area contributed by atoms with Gasteiger partial charge in [0, 0.05) is 10.7 Å². The minimum absolute atomic E-state index is 0.265. The van der Waals surface area contributed by atoms with Gasteiger partial charge in [-0.2, -0.15) is 18.3 Å². The molecule has 0 fully saturated rings.